The first-order valence-corrected chi connectivity index (χ1v) is 20.0. The quantitative estimate of drug-likeness (QED) is 0.0825. The fraction of sp³-hybridized carbons (Fsp3) is 0.511. The molecule has 0 aliphatic carbocycles. The second-order valence-corrected chi connectivity index (χ2v) is 16.8. The van der Waals surface area contributed by atoms with E-state index in [0.717, 1.165) is 5.56 Å². The standard InChI is InChI=1S/C45H64FN5O7/c1-9-57-43(56)36-28-32(12-19-37(36)46)30-48-41(54)33-13-17-35(18-14-33)58-27-26-51(8)40(53)21-24-45(5,6)23-20-39(52)50(7)25-22-31-10-15-34(16-11-31)49-42(55)38(47)29-44(2,3)4/h10-19,28,38,43,56H,9,20-27,29-30,47H2,1-8H3,(H,48,54)(H,49,55)/t38-,43?/m0/s1. The summed E-state index contributed by atoms with van der Waals surface area (Å²) in [6.07, 6.45) is 1.91. The molecule has 0 aromatic heterocycles. The molecule has 0 saturated carbocycles. The van der Waals surface area contributed by atoms with Gasteiger partial charge < -0.3 is 40.7 Å². The van der Waals surface area contributed by atoms with E-state index in [1.54, 1.807) is 55.1 Å². The maximum atomic E-state index is 14.1. The summed E-state index contributed by atoms with van der Waals surface area (Å²) >= 11 is 0. The molecule has 318 valence electrons. The largest absolute Gasteiger partial charge is 0.492 e. The van der Waals surface area contributed by atoms with Crippen molar-refractivity contribution in [2.24, 2.45) is 16.6 Å². The minimum atomic E-state index is -1.39. The molecule has 1 unspecified atom stereocenters. The number of nitrogens with one attached hydrogen (secondary N) is 2. The van der Waals surface area contributed by atoms with Gasteiger partial charge in [-0.25, -0.2) is 4.39 Å². The van der Waals surface area contributed by atoms with Gasteiger partial charge >= 0.3 is 0 Å². The zero-order valence-corrected chi connectivity index (χ0v) is 35.5. The Morgan fingerprint density at radius 3 is 2.02 bits per heavy atom. The first kappa shape index (κ1) is 47.5. The lowest BCUT2D eigenvalue weighted by Crippen LogP contribution is -2.38. The smallest absolute Gasteiger partial charge is 0.251 e. The third-order valence-corrected chi connectivity index (χ3v) is 9.93. The average molecular weight is 806 g/mol. The Labute approximate surface area is 343 Å². The number of hydrogen-bond acceptors (Lipinski definition) is 8. The molecule has 0 aliphatic rings. The second kappa shape index (κ2) is 22.3. The molecule has 4 amide bonds. The van der Waals surface area contributed by atoms with Crippen molar-refractivity contribution in [3.05, 3.63) is 94.8 Å². The molecular formula is C45H64FN5O7. The maximum absolute atomic E-state index is 14.1. The monoisotopic (exact) mass is 805 g/mol. The van der Waals surface area contributed by atoms with Gasteiger partial charge in [-0.1, -0.05) is 52.8 Å². The van der Waals surface area contributed by atoms with Crippen LogP contribution >= 0.6 is 0 Å². The summed E-state index contributed by atoms with van der Waals surface area (Å²) in [7, 11) is 3.54. The van der Waals surface area contributed by atoms with Crippen LogP contribution in [0.5, 0.6) is 5.75 Å². The lowest BCUT2D eigenvalue weighted by atomic mass is 9.83. The first-order valence-electron chi connectivity index (χ1n) is 20.0. The molecule has 3 rings (SSSR count). The Morgan fingerprint density at radius 2 is 1.43 bits per heavy atom. The molecule has 0 aliphatic heterocycles. The van der Waals surface area contributed by atoms with Gasteiger partial charge in [0.05, 0.1) is 12.6 Å². The normalized spacial score (nSPS) is 12.7. The van der Waals surface area contributed by atoms with Crippen molar-refractivity contribution in [3.8, 4) is 5.75 Å². The Hall–Kier alpha value is -4.85. The van der Waals surface area contributed by atoms with Crippen molar-refractivity contribution in [2.45, 2.75) is 98.9 Å². The lowest BCUT2D eigenvalue weighted by Gasteiger charge is -2.27. The number of nitrogens with zero attached hydrogens (tertiary/aromatic N) is 2. The van der Waals surface area contributed by atoms with Crippen molar-refractivity contribution >= 4 is 29.3 Å². The van der Waals surface area contributed by atoms with Crippen molar-refractivity contribution < 1.29 is 38.1 Å². The van der Waals surface area contributed by atoms with E-state index in [4.69, 9.17) is 15.2 Å². The van der Waals surface area contributed by atoms with Gasteiger partial charge in [0, 0.05) is 63.4 Å². The molecule has 3 aromatic rings. The number of aliphatic hydroxyl groups excluding tert-OH is 1. The fourth-order valence-electron chi connectivity index (χ4n) is 6.11. The summed E-state index contributed by atoms with van der Waals surface area (Å²) in [4.78, 5) is 54.4. The molecular weight excluding hydrogens is 742 g/mol. The second-order valence-electron chi connectivity index (χ2n) is 16.8. The highest BCUT2D eigenvalue weighted by Gasteiger charge is 2.24. The predicted octanol–water partition coefficient (Wildman–Crippen LogP) is 6.61. The zero-order valence-electron chi connectivity index (χ0n) is 35.5. The molecule has 0 bridgehead atoms. The molecule has 5 N–H and O–H groups in total. The topological polar surface area (TPSA) is 164 Å². The molecule has 58 heavy (non-hydrogen) atoms. The van der Waals surface area contributed by atoms with E-state index in [1.165, 1.54) is 18.2 Å². The molecule has 0 heterocycles. The van der Waals surface area contributed by atoms with E-state index in [0.29, 0.717) is 74.2 Å². The van der Waals surface area contributed by atoms with Gasteiger partial charge in [-0.3, -0.25) is 19.2 Å². The van der Waals surface area contributed by atoms with E-state index in [2.05, 4.69) is 24.5 Å². The summed E-state index contributed by atoms with van der Waals surface area (Å²) in [5.74, 6) is -0.525. The number of hydrogen-bond donors (Lipinski definition) is 4. The summed E-state index contributed by atoms with van der Waals surface area (Å²) in [5, 5.41) is 15.7. The van der Waals surface area contributed by atoms with E-state index >= 15 is 0 Å². The zero-order chi connectivity index (χ0) is 43.0. The fourth-order valence-corrected chi connectivity index (χ4v) is 6.11. The SMILES string of the molecule is CCOC(O)c1cc(CNC(=O)c2ccc(OCCN(C)C(=O)CCC(C)(C)CCC(=O)N(C)CCc3ccc(NC(=O)[C@@H](N)CC(C)(C)C)cc3)cc2)ccc1F. The van der Waals surface area contributed by atoms with Crippen LogP contribution in [0.25, 0.3) is 0 Å². The average Bonchev–Trinajstić information content (AvgIpc) is 3.17. The summed E-state index contributed by atoms with van der Waals surface area (Å²) in [6, 6.07) is 17.9. The Morgan fingerprint density at radius 1 is 0.845 bits per heavy atom. The molecule has 12 nitrogen and oxygen atoms in total. The van der Waals surface area contributed by atoms with Gasteiger partial charge in [0.15, 0.2) is 6.29 Å². The van der Waals surface area contributed by atoms with E-state index < -0.39 is 18.1 Å². The number of likely N-dealkylation sites (N-methyl/N-ethyl adjacent to an activating group) is 2. The predicted molar refractivity (Wildman–Crippen MR) is 224 cm³/mol. The summed E-state index contributed by atoms with van der Waals surface area (Å²) in [6.45, 7) is 13.6. The third kappa shape index (κ3) is 16.6. The Bertz CT molecular complexity index is 1790. The third-order valence-electron chi connectivity index (χ3n) is 9.93. The van der Waals surface area contributed by atoms with Crippen LogP contribution in [-0.4, -0.2) is 85.0 Å². The number of nitrogens with two attached hydrogens (primary N) is 1. The van der Waals surface area contributed by atoms with E-state index in [1.807, 2.05) is 45.0 Å². The summed E-state index contributed by atoms with van der Waals surface area (Å²) in [5.41, 5.74) is 8.59. The highest BCUT2D eigenvalue weighted by molar-refractivity contribution is 5.95. The van der Waals surface area contributed by atoms with Crippen LogP contribution in [0.15, 0.2) is 66.7 Å². The van der Waals surface area contributed by atoms with E-state index in [9.17, 15) is 28.7 Å². The van der Waals surface area contributed by atoms with Crippen molar-refractivity contribution in [3.63, 3.8) is 0 Å². The van der Waals surface area contributed by atoms with E-state index in [-0.39, 0.29) is 59.8 Å². The number of carbonyl (C=O) groups is 4. The van der Waals surface area contributed by atoms with Gasteiger partial charge in [0.2, 0.25) is 17.7 Å². The molecule has 3 aromatic carbocycles. The van der Waals surface area contributed by atoms with Gasteiger partial charge in [-0.15, -0.1) is 0 Å². The van der Waals surface area contributed by atoms with Crippen LogP contribution in [-0.2, 0) is 32.1 Å². The lowest BCUT2D eigenvalue weighted by molar-refractivity contribution is -0.131. The van der Waals surface area contributed by atoms with Gasteiger partial charge in [0.1, 0.15) is 18.2 Å². The van der Waals surface area contributed by atoms with Crippen molar-refractivity contribution in [1.82, 2.24) is 15.1 Å². The van der Waals surface area contributed by atoms with Crippen LogP contribution in [0.3, 0.4) is 0 Å². The first-order chi connectivity index (χ1) is 27.3. The highest BCUT2D eigenvalue weighted by atomic mass is 19.1. The highest BCUT2D eigenvalue weighted by Crippen LogP contribution is 2.29. The van der Waals surface area contributed by atoms with Gasteiger partial charge in [-0.2, -0.15) is 0 Å². The number of anilines is 1. The molecule has 2 atom stereocenters. The number of aliphatic hydroxyl groups is 1. The van der Waals surface area contributed by atoms with Crippen LogP contribution < -0.4 is 21.1 Å². The van der Waals surface area contributed by atoms with Crippen LogP contribution in [0.2, 0.25) is 0 Å². The van der Waals surface area contributed by atoms with Crippen LogP contribution in [0, 0.1) is 16.6 Å². The number of ether oxygens (including phenoxy) is 2. The van der Waals surface area contributed by atoms with Crippen LogP contribution in [0.4, 0.5) is 10.1 Å². The molecule has 0 saturated heterocycles. The van der Waals surface area contributed by atoms with Gasteiger partial charge in [-0.05, 0) is 103 Å². The maximum Gasteiger partial charge on any atom is 0.251 e. The Kier molecular flexibility index (Phi) is 18.3. The Balaban J connectivity index is 1.33. The number of carbonyl (C=O) groups excluding carboxylic acids is 4. The van der Waals surface area contributed by atoms with Crippen molar-refractivity contribution in [2.75, 3.05) is 45.7 Å². The molecule has 13 heteroatoms. The number of amides is 4. The number of benzene rings is 3. The number of rotatable bonds is 22. The van der Waals surface area contributed by atoms with Gasteiger partial charge in [0.25, 0.3) is 5.91 Å². The molecule has 0 radical (unpaired) electrons. The van der Waals surface area contributed by atoms with Crippen molar-refractivity contribution in [1.29, 1.82) is 0 Å². The molecule has 0 spiro atoms. The minimum Gasteiger partial charge on any atom is -0.492 e. The number of halogens is 1. The molecule has 0 fully saturated rings. The van der Waals surface area contributed by atoms with Crippen LogP contribution in [0.1, 0.15) is 107 Å². The minimum absolute atomic E-state index is 0.00819. The summed E-state index contributed by atoms with van der Waals surface area (Å²) < 4.78 is 25.0.